The summed E-state index contributed by atoms with van der Waals surface area (Å²) in [7, 11) is 1.41. The van der Waals surface area contributed by atoms with E-state index in [1.54, 1.807) is 0 Å². The minimum atomic E-state index is -1.03. The third kappa shape index (κ3) is 6.87. The molecule has 88 valence electrons. The first-order chi connectivity index (χ1) is 6.97. The van der Waals surface area contributed by atoms with Crippen LogP contribution >= 0.6 is 0 Å². The topological polar surface area (TPSA) is 87.7 Å². The summed E-state index contributed by atoms with van der Waals surface area (Å²) in [5.41, 5.74) is 0. The highest BCUT2D eigenvalue weighted by Gasteiger charge is 2.17. The van der Waals surface area contributed by atoms with Gasteiger partial charge in [0, 0.05) is 13.2 Å². The summed E-state index contributed by atoms with van der Waals surface area (Å²) in [6.07, 6.45) is 0. The van der Waals surface area contributed by atoms with Crippen LogP contribution in [-0.2, 0) is 14.3 Å². The zero-order valence-corrected chi connectivity index (χ0v) is 9.24. The van der Waals surface area contributed by atoms with Crippen LogP contribution in [0.15, 0.2) is 0 Å². The van der Waals surface area contributed by atoms with Crippen LogP contribution in [0.25, 0.3) is 0 Å². The minimum Gasteiger partial charge on any atom is -0.480 e. The number of carboxylic acids is 1. The van der Waals surface area contributed by atoms with Gasteiger partial charge in [0.05, 0.1) is 13.2 Å². The van der Waals surface area contributed by atoms with E-state index < -0.39 is 12.0 Å². The van der Waals surface area contributed by atoms with Crippen molar-refractivity contribution in [1.29, 1.82) is 0 Å². The molecule has 0 bridgehead atoms. The van der Waals surface area contributed by atoms with Crippen molar-refractivity contribution < 1.29 is 19.4 Å². The molecule has 0 spiro atoms. The Labute approximate surface area is 89.0 Å². The smallest absolute Gasteiger partial charge is 0.323 e. The number of hydrogen-bond donors (Lipinski definition) is 3. The van der Waals surface area contributed by atoms with Crippen molar-refractivity contribution in [1.82, 2.24) is 10.6 Å². The molecule has 6 heteroatoms. The zero-order valence-electron chi connectivity index (χ0n) is 9.24. The van der Waals surface area contributed by atoms with Gasteiger partial charge in [-0.3, -0.25) is 14.9 Å². The van der Waals surface area contributed by atoms with Crippen LogP contribution in [0.4, 0.5) is 0 Å². The lowest BCUT2D eigenvalue weighted by molar-refractivity contribution is -0.140. The van der Waals surface area contributed by atoms with E-state index in [-0.39, 0.29) is 25.1 Å². The van der Waals surface area contributed by atoms with Gasteiger partial charge in [-0.25, -0.2) is 0 Å². The van der Waals surface area contributed by atoms with E-state index >= 15 is 0 Å². The molecule has 6 nitrogen and oxygen atoms in total. The Kier molecular flexibility index (Phi) is 6.64. The number of carboxylic acid groups (broad SMARTS) is 1. The maximum absolute atomic E-state index is 11.2. The molecular formula is C9H18N2O4. The van der Waals surface area contributed by atoms with Crippen LogP contribution in [0.3, 0.4) is 0 Å². The molecule has 1 atom stereocenters. The number of carbonyl (C=O) groups excluding carboxylic acids is 1. The molecule has 0 aliphatic rings. The molecule has 0 rings (SSSR count). The highest BCUT2D eigenvalue weighted by atomic mass is 16.5. The maximum Gasteiger partial charge on any atom is 0.323 e. The van der Waals surface area contributed by atoms with Crippen LogP contribution < -0.4 is 10.6 Å². The fourth-order valence-corrected chi connectivity index (χ4v) is 0.973. The van der Waals surface area contributed by atoms with E-state index in [4.69, 9.17) is 9.84 Å². The van der Waals surface area contributed by atoms with Crippen molar-refractivity contribution in [2.75, 3.05) is 20.3 Å². The molecular weight excluding hydrogens is 200 g/mol. The predicted molar refractivity (Wildman–Crippen MR) is 54.6 cm³/mol. The number of ether oxygens (including phenoxy) is 1. The molecule has 0 aromatic heterocycles. The quantitative estimate of drug-likeness (QED) is 0.520. The van der Waals surface area contributed by atoms with Gasteiger partial charge in [-0.15, -0.1) is 0 Å². The zero-order chi connectivity index (χ0) is 11.8. The van der Waals surface area contributed by atoms with Gasteiger partial charge < -0.3 is 15.2 Å². The van der Waals surface area contributed by atoms with E-state index in [0.717, 1.165) is 0 Å². The first-order valence-electron chi connectivity index (χ1n) is 4.71. The summed E-state index contributed by atoms with van der Waals surface area (Å²) in [6.45, 7) is 3.67. The lowest BCUT2D eigenvalue weighted by Gasteiger charge is -2.14. The SMILES string of the molecule is COCC(NCC(=O)NC(C)C)C(=O)O. The number of amides is 1. The molecule has 15 heavy (non-hydrogen) atoms. The Morgan fingerprint density at radius 1 is 1.40 bits per heavy atom. The second kappa shape index (κ2) is 7.19. The third-order valence-electron chi connectivity index (χ3n) is 1.59. The Morgan fingerprint density at radius 2 is 2.00 bits per heavy atom. The molecule has 0 fully saturated rings. The molecule has 0 saturated carbocycles. The van der Waals surface area contributed by atoms with Crippen molar-refractivity contribution in [3.8, 4) is 0 Å². The molecule has 1 amide bonds. The Hall–Kier alpha value is -1.14. The van der Waals surface area contributed by atoms with Crippen LogP contribution in [-0.4, -0.2) is 49.3 Å². The fraction of sp³-hybridized carbons (Fsp3) is 0.778. The van der Waals surface area contributed by atoms with E-state index in [1.807, 2.05) is 13.8 Å². The third-order valence-corrected chi connectivity index (χ3v) is 1.59. The summed E-state index contributed by atoms with van der Waals surface area (Å²) in [4.78, 5) is 21.8. The summed E-state index contributed by atoms with van der Waals surface area (Å²) < 4.78 is 4.70. The molecule has 0 heterocycles. The van der Waals surface area contributed by atoms with E-state index in [2.05, 4.69) is 10.6 Å². The van der Waals surface area contributed by atoms with Crippen LogP contribution in [0.5, 0.6) is 0 Å². The summed E-state index contributed by atoms with van der Waals surface area (Å²) in [6, 6.07) is -0.807. The maximum atomic E-state index is 11.2. The van der Waals surface area contributed by atoms with Crippen molar-refractivity contribution in [3.63, 3.8) is 0 Å². The van der Waals surface area contributed by atoms with Gasteiger partial charge in [0.2, 0.25) is 5.91 Å². The first-order valence-corrected chi connectivity index (χ1v) is 4.71. The molecule has 1 unspecified atom stereocenters. The number of hydrogen-bond acceptors (Lipinski definition) is 4. The average Bonchev–Trinajstić information content (AvgIpc) is 2.10. The van der Waals surface area contributed by atoms with Gasteiger partial charge in [-0.05, 0) is 13.8 Å². The second-order valence-corrected chi connectivity index (χ2v) is 3.45. The van der Waals surface area contributed by atoms with Crippen molar-refractivity contribution in [2.24, 2.45) is 0 Å². The van der Waals surface area contributed by atoms with Gasteiger partial charge in [-0.1, -0.05) is 0 Å². The van der Waals surface area contributed by atoms with Gasteiger partial charge in [0.1, 0.15) is 6.04 Å². The number of carbonyl (C=O) groups is 2. The molecule has 3 N–H and O–H groups in total. The predicted octanol–water partition coefficient (Wildman–Crippen LogP) is -0.800. The Morgan fingerprint density at radius 3 is 2.40 bits per heavy atom. The lowest BCUT2D eigenvalue weighted by Crippen LogP contribution is -2.46. The number of nitrogens with one attached hydrogen (secondary N) is 2. The fourth-order valence-electron chi connectivity index (χ4n) is 0.973. The summed E-state index contributed by atoms with van der Waals surface area (Å²) >= 11 is 0. The first kappa shape index (κ1) is 13.9. The molecule has 0 radical (unpaired) electrons. The molecule has 0 aliphatic heterocycles. The molecule has 0 saturated heterocycles. The van der Waals surface area contributed by atoms with E-state index in [9.17, 15) is 9.59 Å². The Bertz CT molecular complexity index is 218. The van der Waals surface area contributed by atoms with Gasteiger partial charge in [-0.2, -0.15) is 0 Å². The van der Waals surface area contributed by atoms with Gasteiger partial charge >= 0.3 is 5.97 Å². The highest BCUT2D eigenvalue weighted by molar-refractivity contribution is 5.80. The van der Waals surface area contributed by atoms with Crippen LogP contribution in [0, 0.1) is 0 Å². The lowest BCUT2D eigenvalue weighted by atomic mass is 10.3. The molecule has 0 aromatic rings. The normalized spacial score (nSPS) is 12.5. The van der Waals surface area contributed by atoms with Gasteiger partial charge in [0.25, 0.3) is 0 Å². The largest absolute Gasteiger partial charge is 0.480 e. The van der Waals surface area contributed by atoms with Crippen molar-refractivity contribution in [2.45, 2.75) is 25.9 Å². The van der Waals surface area contributed by atoms with Crippen LogP contribution in [0.2, 0.25) is 0 Å². The summed E-state index contributed by atoms with van der Waals surface area (Å²) in [5.74, 6) is -1.26. The standard InChI is InChI=1S/C9H18N2O4/c1-6(2)11-8(12)4-10-7(5-15-3)9(13)14/h6-7,10H,4-5H2,1-3H3,(H,11,12)(H,13,14). The Balaban J connectivity index is 3.88. The number of aliphatic carboxylic acids is 1. The average molecular weight is 218 g/mol. The number of rotatable bonds is 7. The van der Waals surface area contributed by atoms with E-state index in [1.165, 1.54) is 7.11 Å². The van der Waals surface area contributed by atoms with E-state index in [0.29, 0.717) is 0 Å². The minimum absolute atomic E-state index is 0.0293. The molecule has 0 aromatic carbocycles. The molecule has 0 aliphatic carbocycles. The number of methoxy groups -OCH3 is 1. The van der Waals surface area contributed by atoms with Crippen molar-refractivity contribution in [3.05, 3.63) is 0 Å². The van der Waals surface area contributed by atoms with Crippen LogP contribution in [0.1, 0.15) is 13.8 Å². The second-order valence-electron chi connectivity index (χ2n) is 3.45. The van der Waals surface area contributed by atoms with Crippen molar-refractivity contribution >= 4 is 11.9 Å². The van der Waals surface area contributed by atoms with Gasteiger partial charge in [0.15, 0.2) is 0 Å². The highest BCUT2D eigenvalue weighted by Crippen LogP contribution is 1.85. The monoisotopic (exact) mass is 218 g/mol. The summed E-state index contributed by atoms with van der Waals surface area (Å²) in [5, 5.41) is 14.0.